The molecule has 4 nitrogen and oxygen atoms in total. The fraction of sp³-hybridized carbons (Fsp3) is 0.300. The molecule has 4 heteroatoms. The Labute approximate surface area is 80.6 Å². The summed E-state index contributed by atoms with van der Waals surface area (Å²) in [6.07, 6.45) is 5.36. The van der Waals surface area contributed by atoms with Crippen molar-refractivity contribution >= 4 is 10.9 Å². The Morgan fingerprint density at radius 1 is 1.43 bits per heavy atom. The lowest BCUT2D eigenvalue weighted by Gasteiger charge is -2.03. The number of hydrogen-bond donors (Lipinski definition) is 1. The van der Waals surface area contributed by atoms with Gasteiger partial charge in [0.05, 0.1) is 35.1 Å². The second kappa shape index (κ2) is 2.32. The van der Waals surface area contributed by atoms with Crippen LogP contribution in [0, 0.1) is 11.3 Å². The smallest absolute Gasteiger partial charge is 0.0994 e. The zero-order valence-corrected chi connectivity index (χ0v) is 7.49. The Kier molecular flexibility index (Phi) is 1.25. The van der Waals surface area contributed by atoms with Gasteiger partial charge in [0.25, 0.3) is 0 Å². The van der Waals surface area contributed by atoms with Crippen molar-refractivity contribution in [2.75, 3.05) is 0 Å². The van der Waals surface area contributed by atoms with E-state index in [2.05, 4.69) is 21.3 Å². The topological polar surface area (TPSA) is 65.4 Å². The molecule has 1 N–H and O–H groups in total. The number of pyridine rings is 1. The summed E-state index contributed by atoms with van der Waals surface area (Å²) < 4.78 is 0. The maximum absolute atomic E-state index is 9.02. The number of aromatic amines is 1. The van der Waals surface area contributed by atoms with Gasteiger partial charge in [-0.05, 0) is 18.9 Å². The summed E-state index contributed by atoms with van der Waals surface area (Å²) in [6.45, 7) is 0. The van der Waals surface area contributed by atoms with Crippen LogP contribution in [0.15, 0.2) is 18.5 Å². The van der Waals surface area contributed by atoms with E-state index in [1.165, 1.54) is 0 Å². The minimum absolute atomic E-state index is 0.300. The highest BCUT2D eigenvalue weighted by atomic mass is 15.1. The zero-order valence-electron chi connectivity index (χ0n) is 7.49. The Bertz CT molecular complexity index is 530. The van der Waals surface area contributed by atoms with Crippen LogP contribution < -0.4 is 0 Å². The first-order valence-electron chi connectivity index (χ1n) is 4.55. The lowest BCUT2D eigenvalue weighted by molar-refractivity contribution is 0.858. The molecule has 0 radical (unpaired) electrons. The predicted octanol–water partition coefficient (Wildman–Crippen LogP) is 1.51. The van der Waals surface area contributed by atoms with Crippen LogP contribution in [0.4, 0.5) is 0 Å². The van der Waals surface area contributed by atoms with Crippen molar-refractivity contribution in [2.24, 2.45) is 0 Å². The quantitative estimate of drug-likeness (QED) is 0.730. The molecule has 14 heavy (non-hydrogen) atoms. The lowest BCUT2D eigenvalue weighted by atomic mass is 10.0. The van der Waals surface area contributed by atoms with E-state index in [4.69, 9.17) is 5.26 Å². The molecule has 68 valence electrons. The number of nitrogens with zero attached hydrogens (tertiary/aromatic N) is 3. The third kappa shape index (κ3) is 0.867. The van der Waals surface area contributed by atoms with Crippen LogP contribution in [-0.2, 0) is 5.41 Å². The third-order valence-corrected chi connectivity index (χ3v) is 2.78. The van der Waals surface area contributed by atoms with E-state index < -0.39 is 0 Å². The molecule has 2 aromatic rings. The van der Waals surface area contributed by atoms with E-state index in [9.17, 15) is 0 Å². The Morgan fingerprint density at radius 2 is 2.29 bits per heavy atom. The summed E-state index contributed by atoms with van der Waals surface area (Å²) in [5, 5.41) is 16.8. The standard InChI is InChI=1S/C10H8N4/c11-6-10(1-2-10)9-3-7-4-13-14-8(7)5-12-9/h3-5H,1-2H2,(H,13,14). The summed E-state index contributed by atoms with van der Waals surface area (Å²) >= 11 is 0. The van der Waals surface area contributed by atoms with E-state index in [0.29, 0.717) is 0 Å². The molecule has 1 aliphatic rings. The van der Waals surface area contributed by atoms with Crippen LogP contribution in [0.2, 0.25) is 0 Å². The van der Waals surface area contributed by atoms with Crippen LogP contribution in [0.1, 0.15) is 18.5 Å². The molecule has 0 unspecified atom stereocenters. The summed E-state index contributed by atoms with van der Waals surface area (Å²) in [7, 11) is 0. The van der Waals surface area contributed by atoms with Crippen LogP contribution >= 0.6 is 0 Å². The molecular weight excluding hydrogens is 176 g/mol. The van der Waals surface area contributed by atoms with E-state index in [1.807, 2.05) is 6.07 Å². The molecule has 1 saturated carbocycles. The highest BCUT2D eigenvalue weighted by Gasteiger charge is 2.46. The van der Waals surface area contributed by atoms with Crippen LogP contribution in [0.25, 0.3) is 10.9 Å². The molecule has 0 aromatic carbocycles. The Hall–Kier alpha value is -1.89. The maximum atomic E-state index is 9.02. The monoisotopic (exact) mass is 184 g/mol. The first kappa shape index (κ1) is 7.51. The van der Waals surface area contributed by atoms with Gasteiger partial charge < -0.3 is 0 Å². The van der Waals surface area contributed by atoms with Gasteiger partial charge >= 0.3 is 0 Å². The maximum Gasteiger partial charge on any atom is 0.0994 e. The number of H-pyrrole nitrogens is 1. The van der Waals surface area contributed by atoms with E-state index >= 15 is 0 Å². The van der Waals surface area contributed by atoms with Gasteiger partial charge in [0.15, 0.2) is 0 Å². The highest BCUT2D eigenvalue weighted by molar-refractivity contribution is 5.77. The normalized spacial score (nSPS) is 17.9. The van der Waals surface area contributed by atoms with Gasteiger partial charge in [0.2, 0.25) is 0 Å². The zero-order chi connectivity index (χ0) is 9.60. The molecule has 0 atom stereocenters. The Morgan fingerprint density at radius 3 is 3.00 bits per heavy atom. The third-order valence-electron chi connectivity index (χ3n) is 2.78. The van der Waals surface area contributed by atoms with Gasteiger partial charge in [-0.2, -0.15) is 10.4 Å². The van der Waals surface area contributed by atoms with Crippen LogP contribution in [-0.4, -0.2) is 15.2 Å². The lowest BCUT2D eigenvalue weighted by Crippen LogP contribution is -2.04. The summed E-state index contributed by atoms with van der Waals surface area (Å²) in [5.74, 6) is 0. The number of nitriles is 1. The van der Waals surface area contributed by atoms with E-state index in [1.54, 1.807) is 12.4 Å². The average Bonchev–Trinajstić information content (AvgIpc) is 2.89. The van der Waals surface area contributed by atoms with Gasteiger partial charge in [0, 0.05) is 5.39 Å². The molecule has 0 amide bonds. The minimum atomic E-state index is -0.300. The van der Waals surface area contributed by atoms with Gasteiger partial charge in [0.1, 0.15) is 0 Å². The number of hydrogen-bond acceptors (Lipinski definition) is 3. The fourth-order valence-electron chi connectivity index (χ4n) is 1.65. The first-order valence-corrected chi connectivity index (χ1v) is 4.55. The van der Waals surface area contributed by atoms with Crippen LogP contribution in [0.3, 0.4) is 0 Å². The number of nitrogens with one attached hydrogen (secondary N) is 1. The molecule has 2 heterocycles. The molecule has 0 aliphatic heterocycles. The molecule has 3 rings (SSSR count). The van der Waals surface area contributed by atoms with Gasteiger partial charge in [-0.15, -0.1) is 0 Å². The summed E-state index contributed by atoms with van der Waals surface area (Å²) in [5.41, 5.74) is 1.50. The molecule has 1 fully saturated rings. The molecule has 0 bridgehead atoms. The van der Waals surface area contributed by atoms with Crippen LogP contribution in [0.5, 0.6) is 0 Å². The van der Waals surface area contributed by atoms with Crippen molar-refractivity contribution < 1.29 is 0 Å². The largest absolute Gasteiger partial charge is 0.276 e. The molecule has 2 aromatic heterocycles. The number of rotatable bonds is 1. The molecule has 0 saturated heterocycles. The summed E-state index contributed by atoms with van der Waals surface area (Å²) in [4.78, 5) is 4.29. The fourth-order valence-corrected chi connectivity index (χ4v) is 1.65. The molecule has 1 aliphatic carbocycles. The van der Waals surface area contributed by atoms with Crippen molar-refractivity contribution in [1.29, 1.82) is 5.26 Å². The van der Waals surface area contributed by atoms with Gasteiger partial charge in [-0.1, -0.05) is 0 Å². The summed E-state index contributed by atoms with van der Waals surface area (Å²) in [6, 6.07) is 4.29. The van der Waals surface area contributed by atoms with Gasteiger partial charge in [-0.25, -0.2) is 0 Å². The first-order chi connectivity index (χ1) is 6.84. The van der Waals surface area contributed by atoms with E-state index in [-0.39, 0.29) is 5.41 Å². The van der Waals surface area contributed by atoms with Crippen molar-refractivity contribution in [1.82, 2.24) is 15.2 Å². The minimum Gasteiger partial charge on any atom is -0.276 e. The number of fused-ring (bicyclic) bond motifs is 1. The van der Waals surface area contributed by atoms with Crippen molar-refractivity contribution in [2.45, 2.75) is 18.3 Å². The molecule has 0 spiro atoms. The van der Waals surface area contributed by atoms with Crippen molar-refractivity contribution in [3.05, 3.63) is 24.2 Å². The predicted molar refractivity (Wildman–Crippen MR) is 50.4 cm³/mol. The van der Waals surface area contributed by atoms with E-state index in [0.717, 1.165) is 29.4 Å². The number of aromatic nitrogens is 3. The van der Waals surface area contributed by atoms with Gasteiger partial charge in [-0.3, -0.25) is 10.1 Å². The molecular formula is C10H8N4. The average molecular weight is 184 g/mol. The van der Waals surface area contributed by atoms with Crippen molar-refractivity contribution in [3.63, 3.8) is 0 Å². The Balaban J connectivity index is 2.19. The second-order valence-electron chi connectivity index (χ2n) is 3.72. The van der Waals surface area contributed by atoms with Crippen molar-refractivity contribution in [3.8, 4) is 6.07 Å². The SMILES string of the molecule is N#CC1(c2cc3cn[nH]c3cn2)CC1. The second-order valence-corrected chi connectivity index (χ2v) is 3.72. The highest BCUT2D eigenvalue weighted by Crippen LogP contribution is 2.46.